The summed E-state index contributed by atoms with van der Waals surface area (Å²) in [7, 11) is 0. The third-order valence-electron chi connectivity index (χ3n) is 3.87. The van der Waals surface area contributed by atoms with E-state index in [2.05, 4.69) is 0 Å². The number of nitrogens with two attached hydrogens (primary N) is 1. The first-order valence-electron chi connectivity index (χ1n) is 7.30. The molecule has 0 aromatic heterocycles. The highest BCUT2D eigenvalue weighted by molar-refractivity contribution is 5.69. The average molecular weight is 310 g/mol. The van der Waals surface area contributed by atoms with E-state index in [-0.39, 0.29) is 19.7 Å². The molecular formula is C16H23FN2O3. The van der Waals surface area contributed by atoms with Crippen LogP contribution in [0.5, 0.6) is 0 Å². The summed E-state index contributed by atoms with van der Waals surface area (Å²) in [5, 5.41) is 9.60. The molecule has 1 aliphatic heterocycles. The summed E-state index contributed by atoms with van der Waals surface area (Å²) in [6, 6.07) is 6.19. The lowest BCUT2D eigenvalue weighted by atomic mass is 9.81. The fourth-order valence-electron chi connectivity index (χ4n) is 2.77. The molecule has 1 heterocycles. The third-order valence-corrected chi connectivity index (χ3v) is 3.87. The number of halogens is 1. The van der Waals surface area contributed by atoms with Crippen molar-refractivity contribution in [1.82, 2.24) is 4.90 Å². The molecule has 0 unspecified atom stereocenters. The summed E-state index contributed by atoms with van der Waals surface area (Å²) >= 11 is 0. The fraction of sp³-hybridized carbons (Fsp3) is 0.562. The smallest absolute Gasteiger partial charge is 0.410 e. The Labute approximate surface area is 129 Å². The van der Waals surface area contributed by atoms with Gasteiger partial charge < -0.3 is 20.5 Å². The number of ether oxygens (including phenoxy) is 1. The molecule has 6 heteroatoms. The summed E-state index contributed by atoms with van der Waals surface area (Å²) < 4.78 is 19.4. The molecule has 2 rings (SSSR count). The first kappa shape index (κ1) is 16.7. The summed E-state index contributed by atoms with van der Waals surface area (Å²) in [6.45, 7) is 5.43. The number of amides is 1. The van der Waals surface area contributed by atoms with Gasteiger partial charge in [0.05, 0.1) is 5.54 Å². The summed E-state index contributed by atoms with van der Waals surface area (Å²) in [5.41, 5.74) is 4.93. The van der Waals surface area contributed by atoms with Crippen molar-refractivity contribution in [1.29, 1.82) is 0 Å². The molecule has 1 fully saturated rings. The second kappa shape index (κ2) is 5.85. The van der Waals surface area contributed by atoms with Crippen molar-refractivity contribution in [2.24, 2.45) is 11.7 Å². The lowest BCUT2D eigenvalue weighted by molar-refractivity contribution is 0.0279. The van der Waals surface area contributed by atoms with Crippen molar-refractivity contribution in [2.45, 2.75) is 31.9 Å². The zero-order valence-corrected chi connectivity index (χ0v) is 13.2. The quantitative estimate of drug-likeness (QED) is 0.874. The number of rotatable bonds is 2. The minimum absolute atomic E-state index is 0.105. The SMILES string of the molecule is CC(C)(C)OC(=O)N1C[C@@H](CO)[C@](N)(c2ccccc2F)C1. The number of benzene rings is 1. The van der Waals surface area contributed by atoms with Gasteiger partial charge in [-0.25, -0.2) is 9.18 Å². The lowest BCUT2D eigenvalue weighted by Gasteiger charge is -2.30. The molecule has 1 aromatic carbocycles. The Kier molecular flexibility index (Phi) is 4.44. The van der Waals surface area contributed by atoms with Crippen LogP contribution in [-0.4, -0.2) is 41.4 Å². The van der Waals surface area contributed by atoms with E-state index in [0.717, 1.165) is 0 Å². The molecule has 22 heavy (non-hydrogen) atoms. The number of hydrogen-bond donors (Lipinski definition) is 2. The van der Waals surface area contributed by atoms with E-state index in [4.69, 9.17) is 10.5 Å². The molecule has 5 nitrogen and oxygen atoms in total. The van der Waals surface area contributed by atoms with Gasteiger partial charge in [-0.15, -0.1) is 0 Å². The molecule has 0 saturated carbocycles. The van der Waals surface area contributed by atoms with E-state index in [9.17, 15) is 14.3 Å². The molecular weight excluding hydrogens is 287 g/mol. The minimum Gasteiger partial charge on any atom is -0.444 e. The van der Waals surface area contributed by atoms with Crippen LogP contribution >= 0.6 is 0 Å². The van der Waals surface area contributed by atoms with Gasteiger partial charge in [-0.3, -0.25) is 0 Å². The molecule has 0 bridgehead atoms. The summed E-state index contributed by atoms with van der Waals surface area (Å²) in [4.78, 5) is 13.6. The van der Waals surface area contributed by atoms with Crippen molar-refractivity contribution < 1.29 is 19.0 Å². The normalized spacial score (nSPS) is 25.4. The molecule has 3 N–H and O–H groups in total. The maximum Gasteiger partial charge on any atom is 0.410 e. The van der Waals surface area contributed by atoms with E-state index in [0.29, 0.717) is 5.56 Å². The van der Waals surface area contributed by atoms with E-state index in [1.165, 1.54) is 11.0 Å². The monoisotopic (exact) mass is 310 g/mol. The maximum atomic E-state index is 14.1. The molecule has 2 atom stereocenters. The first-order chi connectivity index (χ1) is 10.2. The Morgan fingerprint density at radius 1 is 1.50 bits per heavy atom. The van der Waals surface area contributed by atoms with Crippen molar-refractivity contribution in [3.05, 3.63) is 35.6 Å². The molecule has 122 valence electrons. The molecule has 0 spiro atoms. The van der Waals surface area contributed by atoms with E-state index < -0.39 is 29.0 Å². The zero-order chi connectivity index (χ0) is 16.5. The van der Waals surface area contributed by atoms with Crippen molar-refractivity contribution >= 4 is 6.09 Å². The van der Waals surface area contributed by atoms with E-state index in [1.807, 2.05) is 0 Å². The van der Waals surface area contributed by atoms with Crippen molar-refractivity contribution in [3.63, 3.8) is 0 Å². The zero-order valence-electron chi connectivity index (χ0n) is 13.2. The number of carbonyl (C=O) groups is 1. The number of likely N-dealkylation sites (tertiary alicyclic amines) is 1. The van der Waals surface area contributed by atoms with Crippen LogP contribution in [0, 0.1) is 11.7 Å². The van der Waals surface area contributed by atoms with Gasteiger partial charge in [0.25, 0.3) is 0 Å². The highest BCUT2D eigenvalue weighted by atomic mass is 19.1. The number of carbonyl (C=O) groups excluding carboxylic acids is 1. The summed E-state index contributed by atoms with van der Waals surface area (Å²) in [6.07, 6.45) is -0.505. The molecule has 0 aliphatic carbocycles. The molecule has 1 aromatic rings. The lowest BCUT2D eigenvalue weighted by Crippen LogP contribution is -2.47. The highest BCUT2D eigenvalue weighted by Crippen LogP contribution is 2.36. The number of hydrogen-bond acceptors (Lipinski definition) is 4. The van der Waals surface area contributed by atoms with Crippen molar-refractivity contribution in [2.75, 3.05) is 19.7 Å². The molecule has 1 saturated heterocycles. The van der Waals surface area contributed by atoms with Gasteiger partial charge in [-0.05, 0) is 26.8 Å². The molecule has 1 amide bonds. The van der Waals surface area contributed by atoms with Gasteiger partial charge >= 0.3 is 6.09 Å². The third kappa shape index (κ3) is 3.23. The topological polar surface area (TPSA) is 75.8 Å². The van der Waals surface area contributed by atoms with Crippen LogP contribution in [-0.2, 0) is 10.3 Å². The van der Waals surface area contributed by atoms with Crippen molar-refractivity contribution in [3.8, 4) is 0 Å². The second-order valence-corrected chi connectivity index (χ2v) is 6.76. The first-order valence-corrected chi connectivity index (χ1v) is 7.30. The van der Waals surface area contributed by atoms with E-state index >= 15 is 0 Å². The Bertz CT molecular complexity index is 559. The molecule has 0 radical (unpaired) electrons. The Balaban J connectivity index is 2.26. The minimum atomic E-state index is -1.13. The van der Waals surface area contributed by atoms with Gasteiger partial charge in [-0.1, -0.05) is 18.2 Å². The largest absolute Gasteiger partial charge is 0.444 e. The Morgan fingerprint density at radius 3 is 2.68 bits per heavy atom. The van der Waals surface area contributed by atoms with Crippen LogP contribution in [0.4, 0.5) is 9.18 Å². The predicted octanol–water partition coefficient (Wildman–Crippen LogP) is 1.84. The second-order valence-electron chi connectivity index (χ2n) is 6.76. The standard InChI is InChI=1S/C16H23FN2O3/c1-15(2,3)22-14(21)19-8-11(9-20)16(18,10-19)12-6-4-5-7-13(12)17/h4-7,11,20H,8-10,18H2,1-3H3/t11-,16-/m0/s1. The maximum absolute atomic E-state index is 14.1. The predicted molar refractivity (Wildman–Crippen MR) is 80.6 cm³/mol. The van der Waals surface area contributed by atoms with Crippen LogP contribution in [0.3, 0.4) is 0 Å². The number of aliphatic hydroxyl groups excluding tert-OH is 1. The van der Waals surface area contributed by atoms with Gasteiger partial charge in [0.2, 0.25) is 0 Å². The van der Waals surface area contributed by atoms with Crippen LogP contribution in [0.2, 0.25) is 0 Å². The fourth-order valence-corrected chi connectivity index (χ4v) is 2.77. The highest BCUT2D eigenvalue weighted by Gasteiger charge is 2.48. The molecule has 1 aliphatic rings. The number of aliphatic hydroxyl groups is 1. The summed E-state index contributed by atoms with van der Waals surface area (Å²) in [5.74, 6) is -0.883. The van der Waals surface area contributed by atoms with E-state index in [1.54, 1.807) is 39.0 Å². The Hall–Kier alpha value is -1.66. The van der Waals surface area contributed by atoms with Gasteiger partial charge in [0.1, 0.15) is 11.4 Å². The average Bonchev–Trinajstić information content (AvgIpc) is 2.75. The van der Waals surface area contributed by atoms with Crippen LogP contribution < -0.4 is 5.73 Å². The van der Waals surface area contributed by atoms with Crippen LogP contribution in [0.1, 0.15) is 26.3 Å². The van der Waals surface area contributed by atoms with Gasteiger partial charge in [-0.2, -0.15) is 0 Å². The van der Waals surface area contributed by atoms with Crippen LogP contribution in [0.15, 0.2) is 24.3 Å². The van der Waals surface area contributed by atoms with Gasteiger partial charge in [0, 0.05) is 31.2 Å². The van der Waals surface area contributed by atoms with Crippen LogP contribution in [0.25, 0.3) is 0 Å². The Morgan fingerprint density at radius 2 is 2.14 bits per heavy atom. The number of nitrogens with zero attached hydrogens (tertiary/aromatic N) is 1. The van der Waals surface area contributed by atoms with Gasteiger partial charge in [0.15, 0.2) is 0 Å².